The van der Waals surface area contributed by atoms with Gasteiger partial charge in [0, 0.05) is 18.8 Å². The van der Waals surface area contributed by atoms with Gasteiger partial charge < -0.3 is 24.9 Å². The molecule has 0 aromatic carbocycles. The van der Waals surface area contributed by atoms with E-state index in [0.29, 0.717) is 6.42 Å². The molecule has 0 saturated carbocycles. The number of hydrogen-bond acceptors (Lipinski definition) is 8. The quantitative estimate of drug-likeness (QED) is 0.0597. The number of amides is 2. The van der Waals surface area contributed by atoms with Crippen LogP contribution in [0.5, 0.6) is 0 Å². The molecule has 0 saturated heterocycles. The maximum absolute atomic E-state index is 11.1. The van der Waals surface area contributed by atoms with Crippen LogP contribution >= 0.6 is 0 Å². The standard InChI is InChI=1S/C19H35NO3.C4H6O7S.2Na/c1-2-3-4-5-6-7-8-9-10-11-12-13-14-15-16-17-18(21)20-19(22)23;5-3(6)1-2(4(7)8)12(9,10)11;;/h9-10H,2-8,11-17H2,1H3,(H,20,21)(H,22,23);2H,1H2,(H,5,6)(H,7,8)(H,9,10,11);;/q;;2*+1/p-2/b10-9-;;;. The van der Waals surface area contributed by atoms with Crippen molar-refractivity contribution in [3.63, 3.8) is 0 Å². The molecule has 37 heavy (non-hydrogen) atoms. The molecule has 0 aromatic heterocycles. The van der Waals surface area contributed by atoms with Gasteiger partial charge in [-0.3, -0.25) is 14.7 Å². The second kappa shape index (κ2) is 28.5. The minimum Gasteiger partial charge on any atom is -0.550 e. The zero-order chi connectivity index (χ0) is 27.1. The molecular weight excluding hydrogens is 528 g/mol. The van der Waals surface area contributed by atoms with E-state index in [9.17, 15) is 37.8 Å². The molecule has 14 heteroatoms. The summed E-state index contributed by atoms with van der Waals surface area (Å²) in [4.78, 5) is 41.0. The first-order valence-corrected chi connectivity index (χ1v) is 13.5. The Morgan fingerprint density at radius 1 is 0.811 bits per heavy atom. The van der Waals surface area contributed by atoms with Gasteiger partial charge in [0.2, 0.25) is 5.91 Å². The molecule has 0 spiro atoms. The minimum absolute atomic E-state index is 0. The largest absolute Gasteiger partial charge is 1.00 e. The molecule has 0 aliphatic carbocycles. The van der Waals surface area contributed by atoms with Gasteiger partial charge in [0.25, 0.3) is 10.1 Å². The average Bonchev–Trinajstić information content (AvgIpc) is 2.73. The van der Waals surface area contributed by atoms with Crippen molar-refractivity contribution in [3.05, 3.63) is 12.2 Å². The number of aliphatic carboxylic acids is 2. The van der Waals surface area contributed by atoms with Crippen molar-refractivity contribution in [1.29, 1.82) is 0 Å². The summed E-state index contributed by atoms with van der Waals surface area (Å²) in [5, 5.41) is 27.5. The van der Waals surface area contributed by atoms with Crippen LogP contribution < -0.4 is 74.6 Å². The number of nitrogens with one attached hydrogen (secondary N) is 1. The van der Waals surface area contributed by atoms with E-state index >= 15 is 0 Å². The smallest absolute Gasteiger partial charge is 0.550 e. The van der Waals surface area contributed by atoms with Crippen molar-refractivity contribution >= 4 is 34.1 Å². The van der Waals surface area contributed by atoms with Crippen LogP contribution in [0.2, 0.25) is 0 Å². The van der Waals surface area contributed by atoms with Crippen LogP contribution in [0.25, 0.3) is 0 Å². The van der Waals surface area contributed by atoms with Gasteiger partial charge in [-0.1, -0.05) is 70.4 Å². The van der Waals surface area contributed by atoms with E-state index in [1.165, 1.54) is 57.8 Å². The predicted octanol–water partition coefficient (Wildman–Crippen LogP) is -4.04. The van der Waals surface area contributed by atoms with E-state index in [0.717, 1.165) is 25.7 Å². The summed E-state index contributed by atoms with van der Waals surface area (Å²) in [5.41, 5.74) is 0. The van der Waals surface area contributed by atoms with Crippen LogP contribution in [0.15, 0.2) is 12.2 Å². The van der Waals surface area contributed by atoms with Crippen LogP contribution in [0, 0.1) is 0 Å². The van der Waals surface area contributed by atoms with E-state index in [4.69, 9.17) is 9.66 Å². The second-order valence-corrected chi connectivity index (χ2v) is 9.69. The van der Waals surface area contributed by atoms with E-state index in [1.807, 2.05) is 5.32 Å². The molecule has 1 atom stereocenters. The van der Waals surface area contributed by atoms with Crippen molar-refractivity contribution in [1.82, 2.24) is 5.32 Å². The second-order valence-electron chi connectivity index (χ2n) is 8.09. The number of imide groups is 1. The Morgan fingerprint density at radius 2 is 1.24 bits per heavy atom. The predicted molar refractivity (Wildman–Crippen MR) is 126 cm³/mol. The van der Waals surface area contributed by atoms with Crippen LogP contribution in [-0.2, 0) is 24.5 Å². The van der Waals surface area contributed by atoms with Gasteiger partial charge in [-0.25, -0.2) is 4.79 Å². The van der Waals surface area contributed by atoms with Gasteiger partial charge in [-0.2, -0.15) is 8.42 Å². The molecule has 0 fully saturated rings. The molecule has 1 unspecified atom stereocenters. The third kappa shape index (κ3) is 33.5. The summed E-state index contributed by atoms with van der Waals surface area (Å²) in [6.07, 6.45) is 18.1. The molecule has 0 radical (unpaired) electrons. The Bertz CT molecular complexity index is 761. The molecule has 0 aromatic rings. The van der Waals surface area contributed by atoms with Gasteiger partial charge in [0.15, 0.2) is 0 Å². The minimum atomic E-state index is -4.94. The Kier molecular flexibility index (Phi) is 33.6. The van der Waals surface area contributed by atoms with E-state index < -0.39 is 45.7 Å². The van der Waals surface area contributed by atoms with Gasteiger partial charge in [-0.05, 0) is 32.1 Å². The third-order valence-electron chi connectivity index (χ3n) is 4.89. The molecule has 11 nitrogen and oxygen atoms in total. The number of carbonyl (C=O) groups is 4. The van der Waals surface area contributed by atoms with Crippen molar-refractivity contribution in [2.75, 3.05) is 0 Å². The zero-order valence-corrected chi connectivity index (χ0v) is 27.2. The monoisotopic (exact) mass is 567 g/mol. The van der Waals surface area contributed by atoms with E-state index in [2.05, 4.69) is 19.1 Å². The maximum Gasteiger partial charge on any atom is 1.00 e. The fraction of sp³-hybridized carbons (Fsp3) is 0.739. The van der Waals surface area contributed by atoms with Crippen LogP contribution in [0.1, 0.15) is 103 Å². The maximum atomic E-state index is 11.1. The molecule has 2 amide bonds. The van der Waals surface area contributed by atoms with E-state index in [1.54, 1.807) is 0 Å². The number of hydrogen-bond donors (Lipinski definition) is 3. The summed E-state index contributed by atoms with van der Waals surface area (Å²) in [5.74, 6) is -4.47. The SMILES string of the molecule is CCCCCCCC/C=C\CCCCCCCC(=O)NC(=O)O.O=C([O-])CC(C(=O)[O-])S(=O)(=O)O.[Na+].[Na+]. The van der Waals surface area contributed by atoms with Gasteiger partial charge in [-0.15, -0.1) is 0 Å². The Morgan fingerprint density at radius 3 is 1.59 bits per heavy atom. The Labute approximate surface area is 264 Å². The fourth-order valence-electron chi connectivity index (χ4n) is 3.00. The first-order chi connectivity index (χ1) is 16.4. The van der Waals surface area contributed by atoms with Crippen molar-refractivity contribution < 1.29 is 107 Å². The molecule has 0 aliphatic rings. The summed E-state index contributed by atoms with van der Waals surface area (Å²) < 4.78 is 28.5. The van der Waals surface area contributed by atoms with Gasteiger partial charge in [0.05, 0.1) is 5.97 Å². The van der Waals surface area contributed by atoms with Crippen LogP contribution in [0.3, 0.4) is 0 Å². The van der Waals surface area contributed by atoms with Crippen LogP contribution in [-0.4, -0.2) is 47.3 Å². The van der Waals surface area contributed by atoms with Gasteiger partial charge in [0.1, 0.15) is 5.25 Å². The topological polar surface area (TPSA) is 201 Å². The van der Waals surface area contributed by atoms with Crippen molar-refractivity contribution in [2.24, 2.45) is 0 Å². The first-order valence-electron chi connectivity index (χ1n) is 12.0. The normalized spacial score (nSPS) is 11.3. The third-order valence-corrected chi connectivity index (χ3v) is 5.96. The average molecular weight is 568 g/mol. The molecule has 3 N–H and O–H groups in total. The van der Waals surface area contributed by atoms with Crippen molar-refractivity contribution in [2.45, 2.75) is 108 Å². The Balaban J connectivity index is -0.000000332. The fourth-order valence-corrected chi connectivity index (χ4v) is 3.59. The summed E-state index contributed by atoms with van der Waals surface area (Å²) in [7, 11) is -4.94. The number of carboxylic acid groups (broad SMARTS) is 3. The number of unbranched alkanes of at least 4 members (excludes halogenated alkanes) is 11. The van der Waals surface area contributed by atoms with Crippen molar-refractivity contribution in [3.8, 4) is 0 Å². The van der Waals surface area contributed by atoms with Crippen LogP contribution in [0.4, 0.5) is 4.79 Å². The zero-order valence-electron chi connectivity index (χ0n) is 22.4. The molecule has 204 valence electrons. The molecule has 0 aliphatic heterocycles. The summed E-state index contributed by atoms with van der Waals surface area (Å²) >= 11 is 0. The molecule has 0 heterocycles. The Hall–Kier alpha value is -0.470. The molecule has 0 rings (SSSR count). The molecule has 0 bridgehead atoms. The number of carbonyl (C=O) groups excluding carboxylic acids is 3. The number of allylic oxidation sites excluding steroid dienone is 2. The number of carboxylic acids is 2. The first kappa shape index (κ1) is 43.6. The summed E-state index contributed by atoms with van der Waals surface area (Å²) in [6, 6.07) is 0. The molecular formula is C23H39NNa2O10S. The summed E-state index contributed by atoms with van der Waals surface area (Å²) in [6.45, 7) is 2.25. The number of rotatable bonds is 19. The van der Waals surface area contributed by atoms with Gasteiger partial charge >= 0.3 is 65.2 Å². The van der Waals surface area contributed by atoms with E-state index in [-0.39, 0.29) is 59.1 Å².